The lowest BCUT2D eigenvalue weighted by molar-refractivity contribution is 0.463. The number of hydrogen-bond donors (Lipinski definition) is 2. The second-order valence-electron chi connectivity index (χ2n) is 4.60. The molecule has 2 aromatic rings. The largest absolute Gasteiger partial charge is 0.508 e. The highest BCUT2D eigenvalue weighted by molar-refractivity contribution is 5.43. The highest BCUT2D eigenvalue weighted by Crippen LogP contribution is 2.33. The van der Waals surface area contributed by atoms with Gasteiger partial charge in [0.15, 0.2) is 0 Å². The average Bonchev–Trinajstić information content (AvgIpc) is 2.40. The van der Waals surface area contributed by atoms with E-state index in [1.165, 1.54) is 5.56 Å². The van der Waals surface area contributed by atoms with E-state index < -0.39 is 0 Å². The van der Waals surface area contributed by atoms with E-state index in [2.05, 4.69) is 12.1 Å². The third-order valence-corrected chi connectivity index (χ3v) is 3.22. The molecule has 0 spiro atoms. The fourth-order valence-corrected chi connectivity index (χ4v) is 2.31. The van der Waals surface area contributed by atoms with Crippen LogP contribution < -0.4 is 5.73 Å². The van der Waals surface area contributed by atoms with Crippen LogP contribution in [0, 0.1) is 6.92 Å². The Balaban J connectivity index is 2.44. The van der Waals surface area contributed by atoms with Crippen molar-refractivity contribution >= 4 is 0 Å². The topological polar surface area (TPSA) is 46.2 Å². The second-order valence-corrected chi connectivity index (χ2v) is 4.60. The average molecular weight is 241 g/mol. The molecule has 0 bridgehead atoms. The van der Waals surface area contributed by atoms with E-state index in [-0.39, 0.29) is 5.92 Å². The van der Waals surface area contributed by atoms with Gasteiger partial charge in [-0.3, -0.25) is 0 Å². The van der Waals surface area contributed by atoms with Gasteiger partial charge in [0.2, 0.25) is 0 Å². The number of hydrogen-bond acceptors (Lipinski definition) is 2. The Morgan fingerprint density at radius 3 is 2.50 bits per heavy atom. The summed E-state index contributed by atoms with van der Waals surface area (Å²) in [6.45, 7) is 2.64. The molecular weight excluding hydrogens is 222 g/mol. The molecule has 2 nitrogen and oxygen atoms in total. The minimum absolute atomic E-state index is 0.163. The Labute approximate surface area is 108 Å². The molecule has 1 unspecified atom stereocenters. The Morgan fingerprint density at radius 1 is 1.11 bits per heavy atom. The molecule has 0 radical (unpaired) electrons. The summed E-state index contributed by atoms with van der Waals surface area (Å²) in [6.07, 6.45) is 0.834. The summed E-state index contributed by atoms with van der Waals surface area (Å²) in [5, 5.41) is 10.1. The number of nitrogens with two attached hydrogens (primary N) is 1. The molecule has 18 heavy (non-hydrogen) atoms. The molecule has 0 amide bonds. The molecule has 0 fully saturated rings. The Morgan fingerprint density at radius 2 is 1.83 bits per heavy atom. The Bertz CT molecular complexity index is 508. The summed E-state index contributed by atoms with van der Waals surface area (Å²) >= 11 is 0. The number of benzene rings is 2. The van der Waals surface area contributed by atoms with Gasteiger partial charge in [-0.25, -0.2) is 0 Å². The van der Waals surface area contributed by atoms with Crippen molar-refractivity contribution in [3.63, 3.8) is 0 Å². The molecule has 0 aliphatic rings. The minimum Gasteiger partial charge on any atom is -0.508 e. The SMILES string of the molecule is Cc1ccc(O)c(C(CCN)c2ccccc2)c1. The Kier molecular flexibility index (Phi) is 4.00. The fourth-order valence-electron chi connectivity index (χ4n) is 2.31. The number of aromatic hydroxyl groups is 1. The molecule has 0 saturated heterocycles. The molecule has 2 rings (SSSR count). The van der Waals surface area contributed by atoms with E-state index >= 15 is 0 Å². The summed E-state index contributed by atoms with van der Waals surface area (Å²) in [7, 11) is 0. The molecule has 0 saturated carbocycles. The van der Waals surface area contributed by atoms with Gasteiger partial charge in [0, 0.05) is 11.5 Å². The van der Waals surface area contributed by atoms with Crippen molar-refractivity contribution in [2.75, 3.05) is 6.54 Å². The van der Waals surface area contributed by atoms with E-state index in [9.17, 15) is 5.11 Å². The molecule has 2 heteroatoms. The molecule has 0 heterocycles. The first-order valence-electron chi connectivity index (χ1n) is 6.27. The van der Waals surface area contributed by atoms with E-state index in [1.807, 2.05) is 37.3 Å². The smallest absolute Gasteiger partial charge is 0.119 e. The highest BCUT2D eigenvalue weighted by Gasteiger charge is 2.16. The summed E-state index contributed by atoms with van der Waals surface area (Å²) in [5.41, 5.74) is 9.03. The number of phenols is 1. The monoisotopic (exact) mass is 241 g/mol. The number of aryl methyl sites for hydroxylation is 1. The zero-order valence-electron chi connectivity index (χ0n) is 10.6. The molecule has 3 N–H and O–H groups in total. The van der Waals surface area contributed by atoms with Crippen molar-refractivity contribution in [3.8, 4) is 5.75 Å². The Hall–Kier alpha value is -1.80. The van der Waals surface area contributed by atoms with Crippen LogP contribution in [0.5, 0.6) is 5.75 Å². The third-order valence-electron chi connectivity index (χ3n) is 3.22. The lowest BCUT2D eigenvalue weighted by Crippen LogP contribution is -2.09. The van der Waals surface area contributed by atoms with E-state index in [4.69, 9.17) is 5.73 Å². The molecule has 0 aromatic heterocycles. The maximum Gasteiger partial charge on any atom is 0.119 e. The predicted molar refractivity (Wildman–Crippen MR) is 74.8 cm³/mol. The van der Waals surface area contributed by atoms with Gasteiger partial charge in [-0.1, -0.05) is 48.0 Å². The number of phenolic OH excluding ortho intramolecular Hbond substituents is 1. The van der Waals surface area contributed by atoms with Crippen molar-refractivity contribution in [2.24, 2.45) is 5.73 Å². The van der Waals surface area contributed by atoms with Gasteiger partial charge >= 0.3 is 0 Å². The quantitative estimate of drug-likeness (QED) is 0.863. The van der Waals surface area contributed by atoms with Crippen LogP contribution in [0.4, 0.5) is 0 Å². The van der Waals surface area contributed by atoms with Gasteiger partial charge in [0.25, 0.3) is 0 Å². The van der Waals surface area contributed by atoms with Crippen molar-refractivity contribution < 1.29 is 5.11 Å². The third kappa shape index (κ3) is 2.71. The normalized spacial score (nSPS) is 12.3. The van der Waals surface area contributed by atoms with Crippen molar-refractivity contribution in [3.05, 3.63) is 65.2 Å². The van der Waals surface area contributed by atoms with Gasteiger partial charge in [0.05, 0.1) is 0 Å². The molecule has 0 aliphatic heterocycles. The maximum atomic E-state index is 10.1. The van der Waals surface area contributed by atoms with Gasteiger partial charge < -0.3 is 10.8 Å². The fraction of sp³-hybridized carbons (Fsp3) is 0.250. The van der Waals surface area contributed by atoms with Crippen molar-refractivity contribution in [2.45, 2.75) is 19.3 Å². The summed E-state index contributed by atoms with van der Waals surface area (Å²) in [6, 6.07) is 15.9. The standard InChI is InChI=1S/C16H19NO/c1-12-7-8-16(18)15(11-12)14(9-10-17)13-5-3-2-4-6-13/h2-8,11,14,18H,9-10,17H2,1H3. The van der Waals surface area contributed by atoms with Gasteiger partial charge in [-0.15, -0.1) is 0 Å². The molecule has 1 atom stereocenters. The van der Waals surface area contributed by atoms with Crippen LogP contribution in [0.25, 0.3) is 0 Å². The molecule has 0 aliphatic carbocycles. The molecule has 2 aromatic carbocycles. The van der Waals surface area contributed by atoms with Crippen molar-refractivity contribution in [1.82, 2.24) is 0 Å². The minimum atomic E-state index is 0.163. The van der Waals surface area contributed by atoms with Crippen LogP contribution in [0.3, 0.4) is 0 Å². The van der Waals surface area contributed by atoms with E-state index in [0.717, 1.165) is 17.5 Å². The van der Waals surface area contributed by atoms with Gasteiger partial charge in [0.1, 0.15) is 5.75 Å². The lowest BCUT2D eigenvalue weighted by Gasteiger charge is -2.19. The maximum absolute atomic E-state index is 10.1. The van der Waals surface area contributed by atoms with Crippen LogP contribution in [0.1, 0.15) is 29.0 Å². The second kappa shape index (κ2) is 5.69. The van der Waals surface area contributed by atoms with Crippen LogP contribution in [0.15, 0.2) is 48.5 Å². The van der Waals surface area contributed by atoms with E-state index in [0.29, 0.717) is 12.3 Å². The summed E-state index contributed by atoms with van der Waals surface area (Å²) in [4.78, 5) is 0. The molecule has 94 valence electrons. The van der Waals surface area contributed by atoms with Crippen LogP contribution in [-0.4, -0.2) is 11.7 Å². The first-order chi connectivity index (χ1) is 8.72. The van der Waals surface area contributed by atoms with Crippen molar-refractivity contribution in [1.29, 1.82) is 0 Å². The first-order valence-corrected chi connectivity index (χ1v) is 6.27. The van der Waals surface area contributed by atoms with Gasteiger partial charge in [-0.2, -0.15) is 0 Å². The zero-order valence-corrected chi connectivity index (χ0v) is 10.6. The highest BCUT2D eigenvalue weighted by atomic mass is 16.3. The van der Waals surface area contributed by atoms with Crippen LogP contribution in [-0.2, 0) is 0 Å². The lowest BCUT2D eigenvalue weighted by atomic mass is 9.87. The van der Waals surface area contributed by atoms with Gasteiger partial charge in [-0.05, 0) is 31.5 Å². The first kappa shape index (κ1) is 12.7. The summed E-state index contributed by atoms with van der Waals surface area (Å²) in [5.74, 6) is 0.513. The molecular formula is C16H19NO. The van der Waals surface area contributed by atoms with Crippen LogP contribution >= 0.6 is 0 Å². The van der Waals surface area contributed by atoms with E-state index in [1.54, 1.807) is 6.07 Å². The van der Waals surface area contributed by atoms with Crippen LogP contribution in [0.2, 0.25) is 0 Å². The summed E-state index contributed by atoms with van der Waals surface area (Å²) < 4.78 is 0. The number of rotatable bonds is 4. The predicted octanol–water partition coefficient (Wildman–Crippen LogP) is 3.18. The zero-order chi connectivity index (χ0) is 13.0.